The number of allylic oxidation sites excluding steroid dienone is 4. The number of aldehydes is 1. The molecule has 13 heavy (non-hydrogen) atoms. The van der Waals surface area contributed by atoms with E-state index in [0.717, 1.165) is 12.7 Å². The van der Waals surface area contributed by atoms with Crippen molar-refractivity contribution in [3.05, 3.63) is 24.3 Å². The molecule has 2 aliphatic rings. The van der Waals surface area contributed by atoms with E-state index in [1.807, 2.05) is 18.2 Å². The van der Waals surface area contributed by atoms with E-state index < -0.39 is 0 Å². The Balaban J connectivity index is 0.000000184. The van der Waals surface area contributed by atoms with Gasteiger partial charge in [-0.15, -0.1) is 0 Å². The lowest BCUT2D eigenvalue weighted by atomic mass is 10.0. The van der Waals surface area contributed by atoms with Gasteiger partial charge in [0.15, 0.2) is 0 Å². The first kappa shape index (κ1) is 9.71. The number of hydrogen-bond acceptors (Lipinski definition) is 2. The highest BCUT2D eigenvalue weighted by Crippen LogP contribution is 2.54. The van der Waals surface area contributed by atoms with E-state index in [4.69, 9.17) is 4.79 Å². The molecule has 0 heterocycles. The Morgan fingerprint density at radius 2 is 2.15 bits per heavy atom. The third kappa shape index (κ3) is 2.05. The Labute approximate surface area is 77.5 Å². The fraction of sp³-hybridized carbons (Fsp3) is 0.400. The van der Waals surface area contributed by atoms with E-state index in [1.165, 1.54) is 0 Å². The van der Waals surface area contributed by atoms with Gasteiger partial charge in [0.25, 0.3) is 0 Å². The molecule has 2 aliphatic carbocycles. The van der Waals surface area contributed by atoms with Crippen molar-refractivity contribution in [2.24, 2.45) is 11.3 Å². The molecule has 2 unspecified atom stereocenters. The molecule has 0 radical (unpaired) electrons. The zero-order valence-corrected chi connectivity index (χ0v) is 7.57. The van der Waals surface area contributed by atoms with Gasteiger partial charge in [0.05, 0.1) is 5.41 Å². The van der Waals surface area contributed by atoms with Crippen LogP contribution < -0.4 is 5.32 Å². The average Bonchev–Trinajstić information content (AvgIpc) is 2.93. The predicted molar refractivity (Wildman–Crippen MR) is 50.0 cm³/mol. The molecule has 0 spiro atoms. The van der Waals surface area contributed by atoms with Crippen LogP contribution in [0, 0.1) is 11.3 Å². The predicted octanol–water partition coefficient (Wildman–Crippen LogP) is 0.680. The summed E-state index contributed by atoms with van der Waals surface area (Å²) in [6.45, 7) is 0. The van der Waals surface area contributed by atoms with Gasteiger partial charge in [-0.25, -0.2) is 0 Å². The van der Waals surface area contributed by atoms with Crippen LogP contribution in [-0.2, 0) is 9.59 Å². The quantitative estimate of drug-likeness (QED) is 0.633. The van der Waals surface area contributed by atoms with Crippen molar-refractivity contribution in [2.45, 2.75) is 6.42 Å². The van der Waals surface area contributed by atoms with Gasteiger partial charge in [-0.1, -0.05) is 24.3 Å². The topological polar surface area (TPSA) is 46.2 Å². The molecule has 1 saturated carbocycles. The molecule has 2 rings (SSSR count). The lowest BCUT2D eigenvalue weighted by Crippen LogP contribution is -2.01. The van der Waals surface area contributed by atoms with Gasteiger partial charge in [0, 0.05) is 7.05 Å². The molecular weight excluding hydrogens is 166 g/mol. The first-order chi connectivity index (χ1) is 6.29. The highest BCUT2D eigenvalue weighted by atomic mass is 16.1. The van der Waals surface area contributed by atoms with Gasteiger partial charge < -0.3 is 10.1 Å². The summed E-state index contributed by atoms with van der Waals surface area (Å²) in [6.07, 6.45) is 10.8. The van der Waals surface area contributed by atoms with Crippen LogP contribution in [0.1, 0.15) is 6.42 Å². The first-order valence-electron chi connectivity index (χ1n) is 4.22. The lowest BCUT2D eigenvalue weighted by molar-refractivity contribution is -0.111. The molecule has 3 nitrogen and oxygen atoms in total. The molecule has 0 bridgehead atoms. The Kier molecular flexibility index (Phi) is 3.01. The number of fused-ring (bicyclic) bond motifs is 1. The summed E-state index contributed by atoms with van der Waals surface area (Å²) >= 11 is 0. The summed E-state index contributed by atoms with van der Waals surface area (Å²) in [5, 5.41) is 2.25. The zero-order chi connectivity index (χ0) is 9.73. The van der Waals surface area contributed by atoms with Crippen molar-refractivity contribution in [1.82, 2.24) is 5.32 Å². The van der Waals surface area contributed by atoms with Crippen LogP contribution in [0.3, 0.4) is 0 Å². The van der Waals surface area contributed by atoms with Gasteiger partial charge in [0.1, 0.15) is 6.29 Å². The van der Waals surface area contributed by atoms with E-state index in [2.05, 4.69) is 11.4 Å². The second-order valence-corrected chi connectivity index (χ2v) is 3.19. The fourth-order valence-electron chi connectivity index (χ4n) is 1.37. The molecule has 2 atom stereocenters. The molecule has 1 fully saturated rings. The Bertz CT molecular complexity index is 258. The van der Waals surface area contributed by atoms with Crippen LogP contribution in [0.15, 0.2) is 24.3 Å². The number of rotatable bonds is 2. The first-order valence-corrected chi connectivity index (χ1v) is 4.22. The summed E-state index contributed by atoms with van der Waals surface area (Å²) in [5.74, 6) is 0.528. The third-order valence-electron chi connectivity index (χ3n) is 2.30. The van der Waals surface area contributed by atoms with Crippen LogP contribution >= 0.6 is 0 Å². The van der Waals surface area contributed by atoms with Gasteiger partial charge in [-0.3, -0.25) is 4.79 Å². The highest BCUT2D eigenvalue weighted by molar-refractivity contribution is 5.70. The van der Waals surface area contributed by atoms with Crippen molar-refractivity contribution >= 4 is 12.7 Å². The molecule has 0 aromatic rings. The number of nitrogens with one attached hydrogen (secondary N) is 1. The van der Waals surface area contributed by atoms with Crippen molar-refractivity contribution < 1.29 is 9.59 Å². The molecule has 1 N–H and O–H groups in total. The van der Waals surface area contributed by atoms with Crippen molar-refractivity contribution in [1.29, 1.82) is 0 Å². The second kappa shape index (κ2) is 4.03. The van der Waals surface area contributed by atoms with E-state index in [-0.39, 0.29) is 5.41 Å². The monoisotopic (exact) mass is 179 g/mol. The van der Waals surface area contributed by atoms with E-state index in [9.17, 15) is 4.79 Å². The maximum Gasteiger partial charge on any atom is 0.206 e. The molecular formula is C10H13NO2. The Hall–Kier alpha value is -1.38. The van der Waals surface area contributed by atoms with Crippen LogP contribution in [0.5, 0.6) is 0 Å². The fourth-order valence-corrected chi connectivity index (χ4v) is 1.37. The number of hydrogen-bond donors (Lipinski definition) is 1. The summed E-state index contributed by atoms with van der Waals surface area (Å²) in [4.78, 5) is 19.5. The minimum Gasteiger partial charge on any atom is -0.362 e. The van der Waals surface area contributed by atoms with Crippen LogP contribution in [-0.4, -0.2) is 19.7 Å². The van der Waals surface area contributed by atoms with E-state index in [1.54, 1.807) is 7.05 Å². The molecule has 3 heteroatoms. The van der Waals surface area contributed by atoms with Crippen LogP contribution in [0.4, 0.5) is 0 Å². The molecule has 0 aromatic carbocycles. The second-order valence-electron chi connectivity index (χ2n) is 3.19. The smallest absolute Gasteiger partial charge is 0.206 e. The van der Waals surface area contributed by atoms with Gasteiger partial charge >= 0.3 is 0 Å². The normalized spacial score (nSPS) is 32.2. The molecule has 1 amide bonds. The van der Waals surface area contributed by atoms with Crippen molar-refractivity contribution in [3.8, 4) is 0 Å². The maximum atomic E-state index is 10.4. The SMILES string of the molecule is CNC=O.O=CC12C=CC=CC1C2. The van der Waals surface area contributed by atoms with Crippen molar-refractivity contribution in [3.63, 3.8) is 0 Å². The van der Waals surface area contributed by atoms with Gasteiger partial charge in [-0.05, 0) is 12.3 Å². The standard InChI is InChI=1S/C8H8O.C2H5NO/c9-6-8-4-2-1-3-7(8)5-8;1-3-2-4/h1-4,6-7H,5H2;2H,1H3,(H,3,4). The van der Waals surface area contributed by atoms with E-state index in [0.29, 0.717) is 12.3 Å². The molecule has 0 aromatic heterocycles. The lowest BCUT2D eigenvalue weighted by Gasteiger charge is -2.01. The minimum absolute atomic E-state index is 0.0608. The number of carbonyl (C=O) groups is 2. The average molecular weight is 179 g/mol. The molecule has 70 valence electrons. The van der Waals surface area contributed by atoms with Crippen molar-refractivity contribution in [2.75, 3.05) is 7.05 Å². The van der Waals surface area contributed by atoms with E-state index >= 15 is 0 Å². The number of carbonyl (C=O) groups excluding carboxylic acids is 2. The zero-order valence-electron chi connectivity index (χ0n) is 7.57. The summed E-state index contributed by atoms with van der Waals surface area (Å²) in [5.41, 5.74) is -0.0608. The Morgan fingerprint density at radius 1 is 1.46 bits per heavy atom. The molecule has 0 aliphatic heterocycles. The van der Waals surface area contributed by atoms with Crippen LogP contribution in [0.25, 0.3) is 0 Å². The largest absolute Gasteiger partial charge is 0.362 e. The summed E-state index contributed by atoms with van der Waals surface area (Å²) < 4.78 is 0. The minimum atomic E-state index is -0.0608. The Morgan fingerprint density at radius 3 is 2.54 bits per heavy atom. The third-order valence-corrected chi connectivity index (χ3v) is 2.30. The van der Waals surface area contributed by atoms with Gasteiger partial charge in [0.2, 0.25) is 6.41 Å². The van der Waals surface area contributed by atoms with Gasteiger partial charge in [-0.2, -0.15) is 0 Å². The van der Waals surface area contributed by atoms with Crippen LogP contribution in [0.2, 0.25) is 0 Å². The number of amides is 1. The highest BCUT2D eigenvalue weighted by Gasteiger charge is 2.51. The summed E-state index contributed by atoms with van der Waals surface area (Å²) in [6, 6.07) is 0. The molecule has 0 saturated heterocycles. The maximum absolute atomic E-state index is 10.4. The summed E-state index contributed by atoms with van der Waals surface area (Å²) in [7, 11) is 1.56.